The van der Waals surface area contributed by atoms with Gasteiger partial charge in [0.2, 0.25) is 11.9 Å². The van der Waals surface area contributed by atoms with Gasteiger partial charge >= 0.3 is 6.09 Å². The van der Waals surface area contributed by atoms with E-state index in [0.717, 1.165) is 58.5 Å². The summed E-state index contributed by atoms with van der Waals surface area (Å²) in [5, 5.41) is 6.15. The van der Waals surface area contributed by atoms with Crippen molar-refractivity contribution in [3.05, 3.63) is 35.5 Å². The fourth-order valence-corrected chi connectivity index (χ4v) is 7.80. The molecule has 3 aliphatic heterocycles. The molecule has 1 atom stereocenters. The SMILES string of the molecule is CC(C)S(=O)(=O)c1ccccc1Nc1nc(N[C@@H]2CCN(CC(=O)N3CCC(CN4CCN(C(=O)OC(C)(C)C)CC4)CC3)C2)ncc1Cl. The van der Waals surface area contributed by atoms with Crippen molar-refractivity contribution in [2.75, 3.05) is 76.1 Å². The highest BCUT2D eigenvalue weighted by Gasteiger charge is 2.31. The molecule has 3 fully saturated rings. The molecule has 0 radical (unpaired) electrons. The summed E-state index contributed by atoms with van der Waals surface area (Å²) in [5.41, 5.74) is -0.0872. The lowest BCUT2D eigenvalue weighted by molar-refractivity contribution is -0.133. The molecule has 5 rings (SSSR count). The summed E-state index contributed by atoms with van der Waals surface area (Å²) in [5.74, 6) is 1.39. The van der Waals surface area contributed by atoms with Gasteiger partial charge in [0.1, 0.15) is 10.6 Å². The average Bonchev–Trinajstić information content (AvgIpc) is 3.49. The van der Waals surface area contributed by atoms with Crippen molar-refractivity contribution in [3.63, 3.8) is 0 Å². The Morgan fingerprint density at radius 3 is 2.35 bits per heavy atom. The standard InChI is InChI=1S/C34H51ClN8O5S/c1-24(2)49(46,47)29-9-7-6-8-28(29)38-31-27(35)20-36-32(39-31)37-26-12-13-41(22-26)23-30(44)42-14-10-25(11-15-42)21-40-16-18-43(19-17-40)33(45)48-34(3,4)5/h6-9,20,24-26H,10-19,21-23H2,1-5H3,(H2,36,37,38,39)/t26-/m1/s1. The van der Waals surface area contributed by atoms with E-state index in [4.69, 9.17) is 16.3 Å². The molecule has 1 aromatic carbocycles. The average molecular weight is 719 g/mol. The second kappa shape index (κ2) is 15.8. The lowest BCUT2D eigenvalue weighted by Crippen LogP contribution is -2.52. The zero-order chi connectivity index (χ0) is 35.3. The minimum atomic E-state index is -3.53. The van der Waals surface area contributed by atoms with Gasteiger partial charge in [-0.1, -0.05) is 23.7 Å². The van der Waals surface area contributed by atoms with Crippen LogP contribution in [0, 0.1) is 5.92 Å². The predicted molar refractivity (Wildman–Crippen MR) is 191 cm³/mol. The van der Waals surface area contributed by atoms with Crippen molar-refractivity contribution < 1.29 is 22.7 Å². The number of hydrogen-bond acceptors (Lipinski definition) is 11. The van der Waals surface area contributed by atoms with Crippen molar-refractivity contribution in [1.82, 2.24) is 29.6 Å². The minimum absolute atomic E-state index is 0.0527. The van der Waals surface area contributed by atoms with Crippen molar-refractivity contribution >= 4 is 50.9 Å². The van der Waals surface area contributed by atoms with Gasteiger partial charge in [-0.05, 0) is 71.9 Å². The number of carbonyl (C=O) groups excluding carboxylic acids is 2. The Labute approximate surface area is 295 Å². The third-order valence-electron chi connectivity index (χ3n) is 9.28. The number of amides is 2. The van der Waals surface area contributed by atoms with E-state index < -0.39 is 20.7 Å². The van der Waals surface area contributed by atoms with Crippen LogP contribution in [0.3, 0.4) is 0 Å². The van der Waals surface area contributed by atoms with E-state index in [2.05, 4.69) is 30.4 Å². The Bertz CT molecular complexity index is 1570. The quantitative estimate of drug-likeness (QED) is 0.363. The number of nitrogens with zero attached hydrogens (tertiary/aromatic N) is 6. The van der Waals surface area contributed by atoms with Gasteiger partial charge in [0.25, 0.3) is 0 Å². The van der Waals surface area contributed by atoms with Gasteiger partial charge in [-0.2, -0.15) is 4.98 Å². The Morgan fingerprint density at radius 2 is 1.67 bits per heavy atom. The van der Waals surface area contributed by atoms with Gasteiger partial charge in [0, 0.05) is 64.9 Å². The number of hydrogen-bond donors (Lipinski definition) is 2. The van der Waals surface area contributed by atoms with Crippen molar-refractivity contribution in [2.45, 2.75) is 75.7 Å². The number of piperazine rings is 1. The highest BCUT2D eigenvalue weighted by molar-refractivity contribution is 7.92. The molecule has 4 heterocycles. The highest BCUT2D eigenvalue weighted by atomic mass is 35.5. The number of sulfone groups is 1. The molecule has 2 aromatic rings. The van der Waals surface area contributed by atoms with Crippen LogP contribution in [0.5, 0.6) is 0 Å². The molecule has 49 heavy (non-hydrogen) atoms. The van der Waals surface area contributed by atoms with Crippen LogP contribution in [0.15, 0.2) is 35.4 Å². The zero-order valence-corrected chi connectivity index (χ0v) is 30.9. The first-order valence-corrected chi connectivity index (χ1v) is 19.2. The smallest absolute Gasteiger partial charge is 0.410 e. The van der Waals surface area contributed by atoms with Crippen LogP contribution >= 0.6 is 11.6 Å². The highest BCUT2D eigenvalue weighted by Crippen LogP contribution is 2.30. The van der Waals surface area contributed by atoms with Crippen molar-refractivity contribution in [3.8, 4) is 0 Å². The number of benzene rings is 1. The van der Waals surface area contributed by atoms with E-state index in [-0.39, 0.29) is 28.0 Å². The van der Waals surface area contributed by atoms with Crippen LogP contribution in [-0.2, 0) is 19.4 Å². The molecule has 2 amide bonds. The van der Waals surface area contributed by atoms with Crippen molar-refractivity contribution in [2.24, 2.45) is 5.92 Å². The number of aromatic nitrogens is 2. The predicted octanol–water partition coefficient (Wildman–Crippen LogP) is 4.33. The van der Waals surface area contributed by atoms with E-state index in [9.17, 15) is 18.0 Å². The van der Waals surface area contributed by atoms with E-state index >= 15 is 0 Å². The Morgan fingerprint density at radius 1 is 0.980 bits per heavy atom. The summed E-state index contributed by atoms with van der Waals surface area (Å²) in [7, 11) is -3.53. The molecule has 3 saturated heterocycles. The lowest BCUT2D eigenvalue weighted by atomic mass is 9.96. The van der Waals surface area contributed by atoms with Gasteiger partial charge in [-0.15, -0.1) is 0 Å². The van der Waals surface area contributed by atoms with Gasteiger partial charge in [-0.25, -0.2) is 18.2 Å². The number of piperidine rings is 1. The number of halogens is 1. The molecule has 15 heteroatoms. The maximum atomic E-state index is 13.2. The van der Waals surface area contributed by atoms with Crippen molar-refractivity contribution in [1.29, 1.82) is 0 Å². The van der Waals surface area contributed by atoms with Gasteiger partial charge in [0.05, 0.1) is 28.6 Å². The number of ether oxygens (including phenoxy) is 1. The second-order valence-corrected chi connectivity index (χ2v) is 17.4. The van der Waals surface area contributed by atoms with Gasteiger partial charge in [-0.3, -0.25) is 14.6 Å². The number of carbonyl (C=O) groups is 2. The maximum Gasteiger partial charge on any atom is 0.410 e. The molecular weight excluding hydrogens is 668 g/mol. The first kappa shape index (κ1) is 37.1. The molecule has 0 aliphatic carbocycles. The summed E-state index contributed by atoms with van der Waals surface area (Å²) in [6.07, 6.45) is 4.06. The Hall–Kier alpha value is -3.20. The zero-order valence-electron chi connectivity index (χ0n) is 29.3. The second-order valence-electron chi connectivity index (χ2n) is 14.6. The molecule has 0 saturated carbocycles. The number of likely N-dealkylation sites (tertiary alicyclic amines) is 2. The summed E-state index contributed by atoms with van der Waals surface area (Å²) >= 11 is 6.40. The summed E-state index contributed by atoms with van der Waals surface area (Å²) in [4.78, 5) is 43.1. The molecule has 0 bridgehead atoms. The van der Waals surface area contributed by atoms with E-state index in [0.29, 0.717) is 49.6 Å². The van der Waals surface area contributed by atoms with Crippen LogP contribution in [0.2, 0.25) is 5.02 Å². The molecule has 2 N–H and O–H groups in total. The van der Waals surface area contributed by atoms with E-state index in [1.165, 1.54) is 6.20 Å². The summed E-state index contributed by atoms with van der Waals surface area (Å²) in [6.45, 7) is 16.4. The fraction of sp³-hybridized carbons (Fsp3) is 0.647. The van der Waals surface area contributed by atoms with Gasteiger partial charge < -0.3 is 25.2 Å². The molecule has 1 aromatic heterocycles. The molecule has 0 spiro atoms. The van der Waals surface area contributed by atoms with E-state index in [1.54, 1.807) is 43.0 Å². The Balaban J connectivity index is 1.05. The monoisotopic (exact) mass is 718 g/mol. The number of rotatable bonds is 10. The van der Waals surface area contributed by atoms with E-state index in [1.807, 2.05) is 25.7 Å². The van der Waals surface area contributed by atoms with Gasteiger partial charge in [0.15, 0.2) is 15.7 Å². The molecule has 270 valence electrons. The van der Waals surface area contributed by atoms with Crippen LogP contribution in [0.4, 0.5) is 22.2 Å². The van der Waals surface area contributed by atoms with Crippen LogP contribution < -0.4 is 10.6 Å². The number of anilines is 3. The maximum absolute atomic E-state index is 13.2. The largest absolute Gasteiger partial charge is 0.444 e. The molecule has 13 nitrogen and oxygen atoms in total. The first-order chi connectivity index (χ1) is 23.2. The molecular formula is C34H51ClN8O5S. The Kier molecular flexibility index (Phi) is 11.9. The normalized spacial score (nSPS) is 20.1. The topological polar surface area (TPSA) is 140 Å². The number of para-hydroxylation sites is 1. The fourth-order valence-electron chi connectivity index (χ4n) is 6.46. The van der Waals surface area contributed by atoms with Crippen LogP contribution in [0.1, 0.15) is 53.9 Å². The lowest BCUT2D eigenvalue weighted by Gasteiger charge is -2.39. The molecule has 3 aliphatic rings. The van der Waals surface area contributed by atoms with Crippen LogP contribution in [0.25, 0.3) is 0 Å². The minimum Gasteiger partial charge on any atom is -0.444 e. The summed E-state index contributed by atoms with van der Waals surface area (Å²) < 4.78 is 31.3. The van der Waals surface area contributed by atoms with Crippen LogP contribution in [-0.4, -0.2) is 132 Å². The third kappa shape index (κ3) is 9.95. The summed E-state index contributed by atoms with van der Waals surface area (Å²) in [6, 6.07) is 6.76. The third-order valence-corrected chi connectivity index (χ3v) is 11.8. The number of nitrogens with one attached hydrogen (secondary N) is 2. The molecule has 0 unspecified atom stereocenters. The first-order valence-electron chi connectivity index (χ1n) is 17.3.